The summed E-state index contributed by atoms with van der Waals surface area (Å²) in [6, 6.07) is 0. The Labute approximate surface area is 182 Å². The van der Waals surface area contributed by atoms with Crippen LogP contribution in [-0.4, -0.2) is 159 Å². The van der Waals surface area contributed by atoms with Gasteiger partial charge in [0, 0.05) is 0 Å². The summed E-state index contributed by atoms with van der Waals surface area (Å²) in [5, 5.41) is 0. The molecule has 0 rings (SSSR count). The SMILES string of the molecule is Cl.O.O=[Si](O)O.O=[Si](O)O.O=[Si](O)O.[KH].[MgH2].[MgH2]. The molecule has 98 valence electrons. The van der Waals surface area contributed by atoms with E-state index in [-0.39, 0.29) is 115 Å². The third kappa shape index (κ3) is 939. The van der Waals surface area contributed by atoms with Gasteiger partial charge >= 0.3 is 125 Å². The number of rotatable bonds is 0. The zero-order chi connectivity index (χ0) is 10.7. The first-order valence-corrected chi connectivity index (χ1v) is 5.86. The van der Waals surface area contributed by atoms with Crippen LogP contribution in [0, 0.1) is 0 Å². The Kier molecular flexibility index (Phi) is 128. The molecule has 0 aromatic heterocycles. The van der Waals surface area contributed by atoms with Gasteiger partial charge in [-0.3, -0.25) is 13.4 Å². The van der Waals surface area contributed by atoms with E-state index in [4.69, 9.17) is 42.2 Å². The van der Waals surface area contributed by atoms with Crippen molar-refractivity contribution >= 4 is 137 Å². The number of halogens is 1. The van der Waals surface area contributed by atoms with Crippen LogP contribution in [0.2, 0.25) is 0 Å². The monoisotopic (exact) mass is 380 g/mol. The maximum atomic E-state index is 8.74. The molecule has 0 radical (unpaired) electrons. The minimum Gasteiger partial charge on any atom is 0.316 e. The van der Waals surface area contributed by atoms with Crippen LogP contribution in [0.15, 0.2) is 0 Å². The Morgan fingerprint density at radius 1 is 0.588 bits per heavy atom. The molecule has 0 saturated carbocycles. The van der Waals surface area contributed by atoms with Gasteiger partial charge < -0.3 is 34.3 Å². The Morgan fingerprint density at radius 2 is 0.588 bits per heavy atom. The summed E-state index contributed by atoms with van der Waals surface area (Å²) in [4.78, 5) is 42.9. The average molecular weight is 382 g/mol. The van der Waals surface area contributed by atoms with E-state index in [2.05, 4.69) is 0 Å². The quantitative estimate of drug-likeness (QED) is 0.220. The molecule has 0 spiro atoms. The minimum atomic E-state index is -3.13. The topological polar surface area (TPSA) is 204 Å². The van der Waals surface area contributed by atoms with Crippen LogP contribution in [0.25, 0.3) is 0 Å². The molecule has 17 heavy (non-hydrogen) atoms. The molecular weight excluding hydrogens is 367 g/mol. The molecule has 0 unspecified atom stereocenters. The van der Waals surface area contributed by atoms with E-state index < -0.39 is 27.5 Å². The van der Waals surface area contributed by atoms with E-state index in [1.807, 2.05) is 0 Å². The summed E-state index contributed by atoms with van der Waals surface area (Å²) in [6.45, 7) is 0. The molecule has 0 bridgehead atoms. The van der Waals surface area contributed by atoms with E-state index in [0.717, 1.165) is 0 Å². The van der Waals surface area contributed by atoms with Crippen molar-refractivity contribution in [2.45, 2.75) is 0 Å². The maximum Gasteiger partial charge on any atom is 0.316 e. The summed E-state index contributed by atoms with van der Waals surface area (Å²) < 4.78 is 26.2. The van der Waals surface area contributed by atoms with Crippen LogP contribution < -0.4 is 0 Å². The standard InChI is InChI=1S/ClH.K.2Mg.3H2O3Si.H2O.5H/c;;;;3*1-4(2)3;;;;;;/h1H;;;;3*1-2H;1H2;;;;;. The van der Waals surface area contributed by atoms with Crippen molar-refractivity contribution in [2.75, 3.05) is 0 Å². The molecule has 0 aromatic carbocycles. The summed E-state index contributed by atoms with van der Waals surface area (Å²) in [7, 11) is -9.39. The third-order valence-electron chi connectivity index (χ3n) is 0. The molecule has 0 aliphatic rings. The van der Waals surface area contributed by atoms with Gasteiger partial charge in [-0.1, -0.05) is 0 Å². The van der Waals surface area contributed by atoms with Crippen LogP contribution in [0.3, 0.4) is 0 Å². The summed E-state index contributed by atoms with van der Waals surface area (Å²) in [5.41, 5.74) is 0. The van der Waals surface area contributed by atoms with Crippen molar-refractivity contribution in [1.82, 2.24) is 0 Å². The van der Waals surface area contributed by atoms with Crippen molar-refractivity contribution in [3.63, 3.8) is 0 Å². The van der Waals surface area contributed by atoms with Crippen molar-refractivity contribution < 1.29 is 47.6 Å². The van der Waals surface area contributed by atoms with Gasteiger partial charge in [0.05, 0.1) is 0 Å². The van der Waals surface area contributed by atoms with Crippen LogP contribution in [-0.2, 0) is 13.4 Å². The Morgan fingerprint density at radius 3 is 0.588 bits per heavy atom. The molecule has 0 aliphatic heterocycles. The zero-order valence-corrected chi connectivity index (χ0v) is 10.1. The van der Waals surface area contributed by atoms with Gasteiger partial charge in [-0.05, 0) is 0 Å². The van der Waals surface area contributed by atoms with Crippen LogP contribution in [0.1, 0.15) is 0 Å². The molecule has 0 aromatic rings. The Bertz CT molecular complexity index is 127. The van der Waals surface area contributed by atoms with E-state index in [9.17, 15) is 0 Å². The number of hydrogen-bond donors (Lipinski definition) is 6. The molecule has 0 aliphatic carbocycles. The molecule has 0 amide bonds. The maximum absolute atomic E-state index is 8.74. The van der Waals surface area contributed by atoms with Gasteiger partial charge in [0.1, 0.15) is 0 Å². The smallest absolute Gasteiger partial charge is 0.316 e. The van der Waals surface area contributed by atoms with Gasteiger partial charge in [0.2, 0.25) is 0 Å². The first-order valence-electron chi connectivity index (χ1n) is 1.95. The van der Waals surface area contributed by atoms with Crippen molar-refractivity contribution in [3.05, 3.63) is 0 Å². The second-order valence-electron chi connectivity index (χ2n) is 0.848. The molecule has 0 atom stereocenters. The molecular formula is H14ClKMg2O10Si3. The first-order chi connectivity index (χ1) is 5.20. The molecule has 0 heterocycles. The summed E-state index contributed by atoms with van der Waals surface area (Å²) >= 11 is 0. The van der Waals surface area contributed by atoms with E-state index in [1.165, 1.54) is 0 Å². The predicted octanol–water partition coefficient (Wildman–Crippen LogP) is -7.72. The second-order valence-corrected chi connectivity index (χ2v) is 2.54. The summed E-state index contributed by atoms with van der Waals surface area (Å²) in [6.07, 6.45) is 0. The van der Waals surface area contributed by atoms with Gasteiger partial charge in [-0.25, -0.2) is 0 Å². The van der Waals surface area contributed by atoms with Gasteiger partial charge in [-0.2, -0.15) is 0 Å². The van der Waals surface area contributed by atoms with E-state index in [0.29, 0.717) is 0 Å². The zero-order valence-electron chi connectivity index (χ0n) is 6.32. The predicted molar refractivity (Wildman–Crippen MR) is 67.7 cm³/mol. The molecule has 8 N–H and O–H groups in total. The second kappa shape index (κ2) is 42.9. The molecule has 17 heteroatoms. The number of hydrogen-bond acceptors (Lipinski definition) is 3. The van der Waals surface area contributed by atoms with Gasteiger partial charge in [0.25, 0.3) is 0 Å². The Balaban J connectivity index is -0.0000000104. The van der Waals surface area contributed by atoms with Crippen LogP contribution in [0.5, 0.6) is 0 Å². The Hall–Kier alpha value is 2.27. The molecule has 0 fully saturated rings. The fraction of sp³-hybridized carbons (Fsp3) is 0. The first kappa shape index (κ1) is 50.6. The molecule has 10 nitrogen and oxygen atoms in total. The van der Waals surface area contributed by atoms with Crippen LogP contribution in [0.4, 0.5) is 0 Å². The van der Waals surface area contributed by atoms with Gasteiger partial charge in [-0.15, -0.1) is 12.4 Å². The normalized spacial score (nSPS) is 4.24. The minimum absolute atomic E-state index is 0. The van der Waals surface area contributed by atoms with E-state index >= 15 is 0 Å². The van der Waals surface area contributed by atoms with Crippen LogP contribution >= 0.6 is 12.4 Å². The van der Waals surface area contributed by atoms with E-state index in [1.54, 1.807) is 0 Å². The average Bonchev–Trinajstić information content (AvgIpc) is 1.54. The third-order valence-corrected chi connectivity index (χ3v) is 0. The molecule has 0 saturated heterocycles. The van der Waals surface area contributed by atoms with Crippen molar-refractivity contribution in [3.8, 4) is 0 Å². The summed E-state index contributed by atoms with van der Waals surface area (Å²) in [5.74, 6) is 0. The van der Waals surface area contributed by atoms with Gasteiger partial charge in [0.15, 0.2) is 0 Å². The fourth-order valence-electron chi connectivity index (χ4n) is 0. The largest absolute Gasteiger partial charge is 0.316 e. The fourth-order valence-corrected chi connectivity index (χ4v) is 0. The van der Waals surface area contributed by atoms with Crippen molar-refractivity contribution in [2.24, 2.45) is 0 Å². The van der Waals surface area contributed by atoms with Crippen molar-refractivity contribution in [1.29, 1.82) is 0 Å².